The number of amidine groups is 1. The van der Waals surface area contributed by atoms with Crippen molar-refractivity contribution in [2.75, 3.05) is 33.5 Å². The highest BCUT2D eigenvalue weighted by atomic mass is 32.2. The van der Waals surface area contributed by atoms with Gasteiger partial charge in [-0.3, -0.25) is 9.59 Å². The van der Waals surface area contributed by atoms with E-state index in [1.54, 1.807) is 20.4 Å². The third kappa shape index (κ3) is 5.63. The summed E-state index contributed by atoms with van der Waals surface area (Å²) in [6.07, 6.45) is 2.17. The largest absolute Gasteiger partial charge is 0.505 e. The monoisotopic (exact) mass is 531 g/mol. The van der Waals surface area contributed by atoms with E-state index in [9.17, 15) is 23.1 Å². The minimum absolute atomic E-state index is 0.00613. The molecule has 1 aromatic heterocycles. The van der Waals surface area contributed by atoms with E-state index in [0.29, 0.717) is 12.2 Å². The molecule has 0 saturated heterocycles. The van der Waals surface area contributed by atoms with Gasteiger partial charge >= 0.3 is 0 Å². The summed E-state index contributed by atoms with van der Waals surface area (Å²) in [7, 11) is 1.55. The molecule has 0 bridgehead atoms. The number of hydrogen-bond donors (Lipinski definition) is 3. The normalized spacial score (nSPS) is 15.4. The number of sulfonamides is 1. The Kier molecular flexibility index (Phi) is 8.01. The average molecular weight is 532 g/mol. The van der Waals surface area contributed by atoms with Crippen LogP contribution in [0.4, 0.5) is 5.69 Å². The van der Waals surface area contributed by atoms with Gasteiger partial charge in [-0.25, -0.2) is 0 Å². The molecule has 37 heavy (non-hydrogen) atoms. The fraction of sp³-hybridized carbons (Fsp3) is 0.400. The van der Waals surface area contributed by atoms with Gasteiger partial charge in [-0.2, -0.15) is 8.42 Å². The molecule has 3 rings (SSSR count). The summed E-state index contributed by atoms with van der Waals surface area (Å²) >= 11 is 0. The van der Waals surface area contributed by atoms with Crippen molar-refractivity contribution in [3.8, 4) is 5.75 Å². The molecule has 1 aromatic carbocycles. The van der Waals surface area contributed by atoms with E-state index in [1.165, 1.54) is 37.2 Å². The number of benzene rings is 1. The van der Waals surface area contributed by atoms with Crippen molar-refractivity contribution < 1.29 is 27.5 Å². The predicted molar refractivity (Wildman–Crippen MR) is 141 cm³/mol. The first-order valence-corrected chi connectivity index (χ1v) is 13.2. The molecule has 0 saturated carbocycles. The number of nitrogens with one attached hydrogen (secondary N) is 2. The fourth-order valence-corrected chi connectivity index (χ4v) is 4.95. The zero-order valence-corrected chi connectivity index (χ0v) is 22.8. The number of furan rings is 1. The minimum atomic E-state index is -4.38. The van der Waals surface area contributed by atoms with Gasteiger partial charge < -0.3 is 30.0 Å². The maximum absolute atomic E-state index is 13.0. The molecule has 2 heterocycles. The molecule has 0 radical (unpaired) electrons. The van der Waals surface area contributed by atoms with Crippen LogP contribution in [-0.4, -0.2) is 69.2 Å². The van der Waals surface area contributed by atoms with Crippen molar-refractivity contribution in [3.05, 3.63) is 58.0 Å². The Morgan fingerprint density at radius 1 is 1.11 bits per heavy atom. The van der Waals surface area contributed by atoms with Crippen LogP contribution in [0.1, 0.15) is 60.8 Å². The van der Waals surface area contributed by atoms with Gasteiger partial charge in [0.1, 0.15) is 11.5 Å². The van der Waals surface area contributed by atoms with Crippen LogP contribution in [0.15, 0.2) is 49.9 Å². The Labute approximate surface area is 216 Å². The van der Waals surface area contributed by atoms with E-state index in [1.807, 2.05) is 26.8 Å². The quantitative estimate of drug-likeness (QED) is 0.441. The molecule has 0 spiro atoms. The number of hydrogen-bond acceptors (Lipinski definition) is 8. The van der Waals surface area contributed by atoms with Gasteiger partial charge in [-0.05, 0) is 36.1 Å². The lowest BCUT2D eigenvalue weighted by atomic mass is 10.1. The lowest BCUT2D eigenvalue weighted by molar-refractivity contribution is -0.124. The van der Waals surface area contributed by atoms with Crippen molar-refractivity contribution in [2.45, 2.75) is 39.2 Å². The molecule has 11 nitrogen and oxygen atoms in total. The Morgan fingerprint density at radius 2 is 1.76 bits per heavy atom. The molecule has 3 N–H and O–H groups in total. The van der Waals surface area contributed by atoms with E-state index in [2.05, 4.69) is 15.0 Å². The second-order valence-corrected chi connectivity index (χ2v) is 10.9. The molecule has 200 valence electrons. The van der Waals surface area contributed by atoms with Crippen molar-refractivity contribution in [2.24, 2.45) is 4.40 Å². The van der Waals surface area contributed by atoms with Crippen LogP contribution in [0.5, 0.6) is 5.75 Å². The van der Waals surface area contributed by atoms with Crippen molar-refractivity contribution >= 4 is 33.4 Å². The number of likely N-dealkylation sites (N-methyl/N-ethyl adjacent to an activating group) is 1. The average Bonchev–Trinajstić information content (AvgIpc) is 3.40. The molecule has 2 amide bonds. The Hall–Kier alpha value is -3.80. The van der Waals surface area contributed by atoms with Gasteiger partial charge in [-0.15, -0.1) is 4.40 Å². The smallest absolute Gasteiger partial charge is 0.292 e. The number of rotatable bonds is 8. The number of para-hydroxylation sites is 1. The van der Waals surface area contributed by atoms with Gasteiger partial charge in [-0.1, -0.05) is 26.8 Å². The van der Waals surface area contributed by atoms with Crippen molar-refractivity contribution in [1.82, 2.24) is 15.1 Å². The zero-order chi connectivity index (χ0) is 27.7. The van der Waals surface area contributed by atoms with Crippen LogP contribution in [0.2, 0.25) is 0 Å². The first kappa shape index (κ1) is 27.8. The summed E-state index contributed by atoms with van der Waals surface area (Å²) in [6.45, 7) is 5.95. The van der Waals surface area contributed by atoms with E-state index in [-0.39, 0.29) is 28.7 Å². The third-order valence-corrected chi connectivity index (χ3v) is 7.15. The van der Waals surface area contributed by atoms with E-state index in [4.69, 9.17) is 4.42 Å². The maximum atomic E-state index is 13.0. The van der Waals surface area contributed by atoms with Crippen LogP contribution < -0.4 is 10.6 Å². The molecule has 0 aliphatic carbocycles. The fourth-order valence-electron chi connectivity index (χ4n) is 3.67. The van der Waals surface area contributed by atoms with Crippen molar-refractivity contribution in [1.29, 1.82) is 0 Å². The first-order valence-electron chi connectivity index (χ1n) is 11.7. The summed E-state index contributed by atoms with van der Waals surface area (Å²) < 4.78 is 35.7. The lowest BCUT2D eigenvalue weighted by Crippen LogP contribution is -2.33. The Morgan fingerprint density at radius 3 is 2.30 bits per heavy atom. The zero-order valence-electron chi connectivity index (χ0n) is 22.0. The number of nitrogens with zero attached hydrogens (tertiary/aromatic N) is 3. The topological polar surface area (TPSA) is 145 Å². The number of anilines is 1. The number of amides is 2. The van der Waals surface area contributed by atoms with Crippen LogP contribution in [-0.2, 0) is 14.8 Å². The number of carbonyl (C=O) groups excluding carboxylic acids is 2. The van der Waals surface area contributed by atoms with Crippen LogP contribution >= 0.6 is 0 Å². The van der Waals surface area contributed by atoms with Crippen LogP contribution in [0.3, 0.4) is 0 Å². The molecule has 1 aliphatic heterocycles. The van der Waals surface area contributed by atoms with Crippen LogP contribution in [0.25, 0.3) is 0 Å². The highest BCUT2D eigenvalue weighted by molar-refractivity contribution is 7.95. The predicted octanol–water partition coefficient (Wildman–Crippen LogP) is 3.00. The maximum Gasteiger partial charge on any atom is 0.292 e. The first-order chi connectivity index (χ1) is 17.3. The standard InChI is InChI=1S/C25H33N5O6S/c1-8-17(19-12-15(13-36-19)14(2)3)27-23-20(22(25(33)30(6)7)37(34,35)28-23)26-18-11-9-10-16(21(18)31)24(32)29(4)5/h9-14,17,26,31H,8H2,1-7H3,(H,27,28)/t17-/m1/s1. The summed E-state index contributed by atoms with van der Waals surface area (Å²) in [5.74, 6) is -0.927. The van der Waals surface area contributed by atoms with Gasteiger partial charge in [0.25, 0.3) is 21.8 Å². The number of phenolic OH excluding ortho intramolecular Hbond substituents is 1. The van der Waals surface area contributed by atoms with E-state index >= 15 is 0 Å². The molecule has 1 aliphatic rings. The summed E-state index contributed by atoms with van der Waals surface area (Å²) in [6, 6.07) is 5.88. The Bertz CT molecular complexity index is 1370. The second kappa shape index (κ2) is 10.7. The highest BCUT2D eigenvalue weighted by Crippen LogP contribution is 2.34. The number of aromatic hydroxyl groups is 1. The molecule has 12 heteroatoms. The van der Waals surface area contributed by atoms with Gasteiger partial charge in [0.15, 0.2) is 16.5 Å². The van der Waals surface area contributed by atoms with Gasteiger partial charge in [0.2, 0.25) is 0 Å². The molecule has 2 aromatic rings. The summed E-state index contributed by atoms with van der Waals surface area (Å²) in [5, 5.41) is 16.8. The molecule has 0 unspecified atom stereocenters. The molecule has 0 fully saturated rings. The van der Waals surface area contributed by atoms with Crippen LogP contribution in [0, 0.1) is 0 Å². The highest BCUT2D eigenvalue weighted by Gasteiger charge is 2.39. The molecular formula is C25H33N5O6S. The second-order valence-electron chi connectivity index (χ2n) is 9.39. The van der Waals surface area contributed by atoms with Gasteiger partial charge in [0, 0.05) is 28.2 Å². The number of carbonyl (C=O) groups is 2. The van der Waals surface area contributed by atoms with Gasteiger partial charge in [0.05, 0.1) is 23.6 Å². The number of phenols is 1. The third-order valence-electron chi connectivity index (χ3n) is 5.84. The molecule has 1 atom stereocenters. The molecular weight excluding hydrogens is 498 g/mol. The van der Waals surface area contributed by atoms with Crippen molar-refractivity contribution in [3.63, 3.8) is 0 Å². The van der Waals surface area contributed by atoms with E-state index in [0.717, 1.165) is 10.5 Å². The van der Waals surface area contributed by atoms with E-state index < -0.39 is 38.5 Å². The Balaban J connectivity index is 2.10. The summed E-state index contributed by atoms with van der Waals surface area (Å²) in [5.41, 5.74) is 0.886. The summed E-state index contributed by atoms with van der Waals surface area (Å²) in [4.78, 5) is 27.3. The SMILES string of the molecule is CC[C@@H](NC1=NS(=O)(=O)C(C(=O)N(C)C)=C1Nc1cccc(C(=O)N(C)C)c1O)c1cc(C(C)C)co1. The lowest BCUT2D eigenvalue weighted by Gasteiger charge is -2.20. The minimum Gasteiger partial charge on any atom is -0.505 e.